The summed E-state index contributed by atoms with van der Waals surface area (Å²) in [5.41, 5.74) is 1.75. The number of hydrogen-bond acceptors (Lipinski definition) is 4. The summed E-state index contributed by atoms with van der Waals surface area (Å²) in [4.78, 5) is 23.0. The van der Waals surface area contributed by atoms with Crippen molar-refractivity contribution in [2.24, 2.45) is 0 Å². The van der Waals surface area contributed by atoms with Crippen LogP contribution in [0, 0.1) is 6.92 Å². The summed E-state index contributed by atoms with van der Waals surface area (Å²) in [7, 11) is 2.61. The fourth-order valence-electron chi connectivity index (χ4n) is 1.69. The lowest BCUT2D eigenvalue weighted by Crippen LogP contribution is -2.19. The first-order valence-corrected chi connectivity index (χ1v) is 5.30. The molecular formula is C13H16O4. The van der Waals surface area contributed by atoms with Crippen LogP contribution in [0.4, 0.5) is 0 Å². The highest BCUT2D eigenvalue weighted by Gasteiger charge is 2.26. The van der Waals surface area contributed by atoms with Gasteiger partial charge in [0, 0.05) is 0 Å². The van der Waals surface area contributed by atoms with Crippen LogP contribution >= 0.6 is 0 Å². The minimum atomic E-state index is -0.603. The van der Waals surface area contributed by atoms with E-state index in [4.69, 9.17) is 4.74 Å². The molecule has 1 aromatic carbocycles. The van der Waals surface area contributed by atoms with E-state index in [-0.39, 0.29) is 6.42 Å². The van der Waals surface area contributed by atoms with Gasteiger partial charge in [0.1, 0.15) is 0 Å². The van der Waals surface area contributed by atoms with E-state index in [1.54, 1.807) is 0 Å². The van der Waals surface area contributed by atoms with Gasteiger partial charge in [-0.3, -0.25) is 9.59 Å². The predicted molar refractivity (Wildman–Crippen MR) is 62.6 cm³/mol. The molecule has 0 N–H and O–H groups in total. The van der Waals surface area contributed by atoms with Crippen LogP contribution in [0.5, 0.6) is 0 Å². The molecule has 4 heteroatoms. The minimum absolute atomic E-state index is 0.00593. The van der Waals surface area contributed by atoms with Gasteiger partial charge in [-0.2, -0.15) is 0 Å². The summed E-state index contributed by atoms with van der Waals surface area (Å²) in [6.45, 7) is 1.89. The molecule has 0 saturated heterocycles. The van der Waals surface area contributed by atoms with Crippen LogP contribution in [-0.4, -0.2) is 26.2 Å². The highest BCUT2D eigenvalue weighted by Crippen LogP contribution is 2.24. The lowest BCUT2D eigenvalue weighted by molar-refractivity contribution is -0.149. The summed E-state index contributed by atoms with van der Waals surface area (Å²) < 4.78 is 9.31. The van der Waals surface area contributed by atoms with Gasteiger partial charge in [0.25, 0.3) is 0 Å². The third-order valence-corrected chi connectivity index (χ3v) is 2.65. The third-order valence-electron chi connectivity index (χ3n) is 2.65. The maximum atomic E-state index is 11.7. The van der Waals surface area contributed by atoms with Crippen LogP contribution in [-0.2, 0) is 19.1 Å². The van der Waals surface area contributed by atoms with Crippen molar-refractivity contribution >= 4 is 11.9 Å². The van der Waals surface area contributed by atoms with E-state index in [9.17, 15) is 9.59 Å². The Hall–Kier alpha value is -1.84. The number of aryl methyl sites for hydroxylation is 1. The van der Waals surface area contributed by atoms with Gasteiger partial charge in [-0.15, -0.1) is 0 Å². The summed E-state index contributed by atoms with van der Waals surface area (Å²) in [5, 5.41) is 0. The van der Waals surface area contributed by atoms with Crippen molar-refractivity contribution in [3.05, 3.63) is 35.4 Å². The predicted octanol–water partition coefficient (Wildman–Crippen LogP) is 1.81. The molecule has 1 aromatic rings. The molecule has 0 spiro atoms. The average Bonchev–Trinajstić information content (AvgIpc) is 2.35. The molecule has 1 atom stereocenters. The maximum Gasteiger partial charge on any atom is 0.313 e. The summed E-state index contributed by atoms with van der Waals surface area (Å²) >= 11 is 0. The van der Waals surface area contributed by atoms with E-state index < -0.39 is 17.9 Å². The molecule has 4 nitrogen and oxygen atoms in total. The number of esters is 2. The van der Waals surface area contributed by atoms with Gasteiger partial charge in [-0.05, 0) is 18.1 Å². The Kier molecular flexibility index (Phi) is 4.69. The Bertz CT molecular complexity index is 412. The molecule has 0 radical (unpaired) electrons. The molecule has 1 rings (SSSR count). The Morgan fingerprint density at radius 3 is 2.35 bits per heavy atom. The molecule has 0 aromatic heterocycles. The van der Waals surface area contributed by atoms with E-state index in [2.05, 4.69) is 4.74 Å². The molecule has 0 aliphatic heterocycles. The molecule has 0 saturated carbocycles. The zero-order valence-corrected chi connectivity index (χ0v) is 10.2. The Morgan fingerprint density at radius 2 is 1.82 bits per heavy atom. The normalized spacial score (nSPS) is 11.7. The van der Waals surface area contributed by atoms with Gasteiger partial charge in [0.05, 0.1) is 26.6 Å². The highest BCUT2D eigenvalue weighted by atomic mass is 16.5. The molecular weight excluding hydrogens is 220 g/mol. The first-order chi connectivity index (χ1) is 8.10. The number of carbonyl (C=O) groups excluding carboxylic acids is 2. The molecule has 0 amide bonds. The zero-order chi connectivity index (χ0) is 12.8. The van der Waals surface area contributed by atoms with Gasteiger partial charge >= 0.3 is 11.9 Å². The second-order valence-corrected chi connectivity index (χ2v) is 3.71. The van der Waals surface area contributed by atoms with Crippen molar-refractivity contribution in [1.82, 2.24) is 0 Å². The van der Waals surface area contributed by atoms with Crippen molar-refractivity contribution in [3.63, 3.8) is 0 Å². The Labute approximate surface area is 101 Å². The second kappa shape index (κ2) is 6.03. The van der Waals surface area contributed by atoms with Crippen molar-refractivity contribution in [2.75, 3.05) is 14.2 Å². The standard InChI is InChI=1S/C13H16O4/c1-9-6-4-5-7-10(9)11(13(15)17-3)8-12(14)16-2/h4-7,11H,8H2,1-3H3/t11-/m1/s1. The van der Waals surface area contributed by atoms with E-state index >= 15 is 0 Å². The average molecular weight is 236 g/mol. The summed E-state index contributed by atoms with van der Waals surface area (Å²) in [5.74, 6) is -1.46. The largest absolute Gasteiger partial charge is 0.469 e. The van der Waals surface area contributed by atoms with Gasteiger partial charge in [0.15, 0.2) is 0 Å². The number of ether oxygens (including phenoxy) is 2. The zero-order valence-electron chi connectivity index (χ0n) is 10.2. The maximum absolute atomic E-state index is 11.7. The van der Waals surface area contributed by atoms with E-state index in [0.717, 1.165) is 11.1 Å². The summed E-state index contributed by atoms with van der Waals surface area (Å²) in [6, 6.07) is 7.42. The van der Waals surface area contributed by atoms with Gasteiger partial charge in [-0.25, -0.2) is 0 Å². The fraction of sp³-hybridized carbons (Fsp3) is 0.385. The van der Waals surface area contributed by atoms with Gasteiger partial charge in [-0.1, -0.05) is 24.3 Å². The minimum Gasteiger partial charge on any atom is -0.469 e. The molecule has 0 heterocycles. The number of hydrogen-bond donors (Lipinski definition) is 0. The van der Waals surface area contributed by atoms with E-state index in [0.29, 0.717) is 0 Å². The Morgan fingerprint density at radius 1 is 1.18 bits per heavy atom. The fourth-order valence-corrected chi connectivity index (χ4v) is 1.69. The monoisotopic (exact) mass is 236 g/mol. The van der Waals surface area contributed by atoms with Crippen LogP contribution in [0.2, 0.25) is 0 Å². The van der Waals surface area contributed by atoms with Gasteiger partial charge < -0.3 is 9.47 Å². The number of methoxy groups -OCH3 is 2. The molecule has 0 unspecified atom stereocenters. The molecule has 17 heavy (non-hydrogen) atoms. The van der Waals surface area contributed by atoms with Crippen molar-refractivity contribution in [2.45, 2.75) is 19.3 Å². The van der Waals surface area contributed by atoms with E-state index in [1.807, 2.05) is 31.2 Å². The number of rotatable bonds is 4. The molecule has 92 valence electrons. The highest BCUT2D eigenvalue weighted by molar-refractivity contribution is 5.84. The number of benzene rings is 1. The van der Waals surface area contributed by atoms with Crippen LogP contribution in [0.15, 0.2) is 24.3 Å². The Balaban J connectivity index is 3.02. The lowest BCUT2D eigenvalue weighted by Gasteiger charge is -2.15. The van der Waals surface area contributed by atoms with Crippen LogP contribution in [0.1, 0.15) is 23.5 Å². The van der Waals surface area contributed by atoms with E-state index in [1.165, 1.54) is 14.2 Å². The molecule has 0 aliphatic rings. The van der Waals surface area contributed by atoms with Crippen LogP contribution < -0.4 is 0 Å². The third kappa shape index (κ3) is 3.31. The smallest absolute Gasteiger partial charge is 0.313 e. The first-order valence-electron chi connectivity index (χ1n) is 5.30. The summed E-state index contributed by atoms with van der Waals surface area (Å²) in [6.07, 6.45) is -0.00593. The first kappa shape index (κ1) is 13.2. The van der Waals surface area contributed by atoms with Crippen molar-refractivity contribution < 1.29 is 19.1 Å². The molecule has 0 bridgehead atoms. The lowest BCUT2D eigenvalue weighted by atomic mass is 9.92. The SMILES string of the molecule is COC(=O)C[C@@H](C(=O)OC)c1ccccc1C. The topological polar surface area (TPSA) is 52.6 Å². The van der Waals surface area contributed by atoms with Crippen LogP contribution in [0.25, 0.3) is 0 Å². The van der Waals surface area contributed by atoms with Gasteiger partial charge in [0.2, 0.25) is 0 Å². The molecule has 0 aliphatic carbocycles. The van der Waals surface area contributed by atoms with Crippen molar-refractivity contribution in [1.29, 1.82) is 0 Å². The van der Waals surface area contributed by atoms with Crippen LogP contribution in [0.3, 0.4) is 0 Å². The molecule has 0 fully saturated rings. The second-order valence-electron chi connectivity index (χ2n) is 3.71. The quantitative estimate of drug-likeness (QED) is 0.748. The van der Waals surface area contributed by atoms with Crippen molar-refractivity contribution in [3.8, 4) is 0 Å². The number of carbonyl (C=O) groups is 2.